The molecule has 33 heavy (non-hydrogen) atoms. The van der Waals surface area contributed by atoms with Crippen molar-refractivity contribution in [2.75, 3.05) is 26.7 Å². The maximum absolute atomic E-state index is 14.4. The molecule has 1 aliphatic heterocycles. The highest BCUT2D eigenvalue weighted by molar-refractivity contribution is 7.89. The SMILES string of the molecule is CCC(=O)N(C)C[C@@H]1Oc2cc(-c3ccccc3F)ccc2S(=O)(=O)N([C@H](C)CO)C[C@@H]1C. The molecule has 0 aliphatic carbocycles. The molecule has 0 saturated carbocycles. The second-order valence-corrected chi connectivity index (χ2v) is 10.4. The number of carbonyl (C=O) groups excluding carboxylic acids is 1. The highest BCUT2D eigenvalue weighted by Gasteiger charge is 2.38. The third-order valence-electron chi connectivity index (χ3n) is 6.03. The van der Waals surface area contributed by atoms with Crippen LogP contribution in [0.4, 0.5) is 4.39 Å². The topological polar surface area (TPSA) is 87.2 Å². The van der Waals surface area contributed by atoms with Crippen LogP contribution in [0.1, 0.15) is 27.2 Å². The first kappa shape index (κ1) is 25.1. The van der Waals surface area contributed by atoms with Crippen LogP contribution in [0.2, 0.25) is 0 Å². The number of halogens is 1. The van der Waals surface area contributed by atoms with Gasteiger partial charge in [0, 0.05) is 37.5 Å². The van der Waals surface area contributed by atoms with Crippen LogP contribution in [0.15, 0.2) is 47.4 Å². The average molecular weight is 479 g/mol. The molecule has 2 aromatic carbocycles. The Bertz CT molecular complexity index is 1110. The fraction of sp³-hybridized carbons (Fsp3) is 0.458. The molecule has 0 radical (unpaired) electrons. The van der Waals surface area contributed by atoms with E-state index in [-0.39, 0.29) is 42.2 Å². The van der Waals surface area contributed by atoms with Crippen molar-refractivity contribution in [3.05, 3.63) is 48.3 Å². The zero-order valence-corrected chi connectivity index (χ0v) is 20.2. The lowest BCUT2D eigenvalue weighted by Gasteiger charge is -2.37. The van der Waals surface area contributed by atoms with Crippen molar-refractivity contribution in [2.45, 2.75) is 44.2 Å². The number of benzene rings is 2. The predicted octanol–water partition coefficient (Wildman–Crippen LogP) is 3.13. The zero-order chi connectivity index (χ0) is 24.3. The molecule has 2 aromatic rings. The van der Waals surface area contributed by atoms with Crippen LogP contribution >= 0.6 is 0 Å². The number of hydrogen-bond donors (Lipinski definition) is 1. The van der Waals surface area contributed by atoms with Crippen LogP contribution in [-0.4, -0.2) is 67.5 Å². The number of carbonyl (C=O) groups is 1. The summed E-state index contributed by atoms with van der Waals surface area (Å²) in [5.74, 6) is -0.674. The summed E-state index contributed by atoms with van der Waals surface area (Å²) in [4.78, 5) is 13.7. The maximum Gasteiger partial charge on any atom is 0.247 e. The molecule has 0 spiro atoms. The minimum absolute atomic E-state index is 0.0516. The fourth-order valence-corrected chi connectivity index (χ4v) is 5.77. The molecule has 3 rings (SSSR count). The molecule has 9 heteroatoms. The van der Waals surface area contributed by atoms with E-state index in [1.54, 1.807) is 50.1 Å². The van der Waals surface area contributed by atoms with E-state index >= 15 is 0 Å². The molecule has 7 nitrogen and oxygen atoms in total. The van der Waals surface area contributed by atoms with Crippen molar-refractivity contribution >= 4 is 15.9 Å². The first-order valence-electron chi connectivity index (χ1n) is 11.0. The molecule has 0 unspecified atom stereocenters. The number of aliphatic hydroxyl groups excluding tert-OH is 1. The summed E-state index contributed by atoms with van der Waals surface area (Å²) in [6.45, 7) is 5.31. The number of sulfonamides is 1. The lowest BCUT2D eigenvalue weighted by Crippen LogP contribution is -2.50. The van der Waals surface area contributed by atoms with Gasteiger partial charge in [0.15, 0.2) is 0 Å². The Labute approximate surface area is 194 Å². The summed E-state index contributed by atoms with van der Waals surface area (Å²) in [5.41, 5.74) is 0.806. The molecule has 0 saturated heterocycles. The number of fused-ring (bicyclic) bond motifs is 1. The van der Waals surface area contributed by atoms with Gasteiger partial charge < -0.3 is 14.7 Å². The van der Waals surface area contributed by atoms with Gasteiger partial charge in [-0.1, -0.05) is 38.1 Å². The van der Waals surface area contributed by atoms with Crippen LogP contribution in [0.3, 0.4) is 0 Å². The van der Waals surface area contributed by atoms with Gasteiger partial charge in [0.05, 0.1) is 13.2 Å². The van der Waals surface area contributed by atoms with Gasteiger partial charge in [-0.3, -0.25) is 4.79 Å². The molecule has 180 valence electrons. The molecule has 1 N–H and O–H groups in total. The smallest absolute Gasteiger partial charge is 0.247 e. The molecular formula is C24H31FN2O5S. The summed E-state index contributed by atoms with van der Waals surface area (Å²) in [7, 11) is -2.31. The number of likely N-dealkylation sites (N-methyl/N-ethyl adjacent to an activating group) is 1. The molecule has 0 aromatic heterocycles. The Hall–Kier alpha value is -2.49. The van der Waals surface area contributed by atoms with E-state index in [2.05, 4.69) is 0 Å². The molecule has 1 heterocycles. The minimum Gasteiger partial charge on any atom is -0.487 e. The van der Waals surface area contributed by atoms with Crippen LogP contribution in [0.5, 0.6) is 5.75 Å². The Balaban J connectivity index is 2.14. The first-order valence-corrected chi connectivity index (χ1v) is 12.5. The van der Waals surface area contributed by atoms with Gasteiger partial charge >= 0.3 is 0 Å². The standard InChI is InChI=1S/C24H31FN2O5S/c1-5-24(29)26(4)14-22-16(2)13-27(17(3)15-28)33(30,31)23-11-10-18(12-21(23)32-22)19-8-6-7-9-20(19)25/h6-12,16-17,22,28H,5,13-15H2,1-4H3/t16-,17+,22-/m0/s1. The van der Waals surface area contributed by atoms with E-state index in [0.717, 1.165) is 0 Å². The monoisotopic (exact) mass is 478 g/mol. The number of nitrogens with zero attached hydrogens (tertiary/aromatic N) is 2. The van der Waals surface area contributed by atoms with E-state index in [4.69, 9.17) is 4.74 Å². The van der Waals surface area contributed by atoms with Crippen molar-refractivity contribution in [3.63, 3.8) is 0 Å². The van der Waals surface area contributed by atoms with Crippen molar-refractivity contribution in [2.24, 2.45) is 5.92 Å². The Kier molecular flexibility index (Phi) is 7.76. The normalized spacial score (nSPS) is 21.3. The van der Waals surface area contributed by atoms with Crippen molar-refractivity contribution in [3.8, 4) is 16.9 Å². The van der Waals surface area contributed by atoms with Crippen LogP contribution in [0, 0.1) is 11.7 Å². The van der Waals surface area contributed by atoms with Gasteiger partial charge in [-0.2, -0.15) is 4.31 Å². The number of aliphatic hydroxyl groups is 1. The predicted molar refractivity (Wildman–Crippen MR) is 124 cm³/mol. The second kappa shape index (κ2) is 10.2. The van der Waals surface area contributed by atoms with Gasteiger partial charge in [0.25, 0.3) is 0 Å². The van der Waals surface area contributed by atoms with E-state index in [9.17, 15) is 22.7 Å². The van der Waals surface area contributed by atoms with Gasteiger partial charge in [-0.25, -0.2) is 12.8 Å². The first-order chi connectivity index (χ1) is 15.6. The number of hydrogen-bond acceptors (Lipinski definition) is 5. The quantitative estimate of drug-likeness (QED) is 0.689. The number of ether oxygens (including phenoxy) is 1. The third-order valence-corrected chi connectivity index (χ3v) is 8.05. The van der Waals surface area contributed by atoms with Gasteiger partial charge in [0.1, 0.15) is 22.6 Å². The molecule has 0 bridgehead atoms. The van der Waals surface area contributed by atoms with Gasteiger partial charge in [-0.05, 0) is 30.7 Å². The van der Waals surface area contributed by atoms with Crippen molar-refractivity contribution in [1.29, 1.82) is 0 Å². The fourth-order valence-electron chi connectivity index (χ4n) is 3.95. The minimum atomic E-state index is -3.99. The summed E-state index contributed by atoms with van der Waals surface area (Å²) >= 11 is 0. The Morgan fingerprint density at radius 3 is 2.64 bits per heavy atom. The lowest BCUT2D eigenvalue weighted by molar-refractivity contribution is -0.131. The largest absolute Gasteiger partial charge is 0.487 e. The van der Waals surface area contributed by atoms with Crippen LogP contribution in [-0.2, 0) is 14.8 Å². The third kappa shape index (κ3) is 5.20. The van der Waals surface area contributed by atoms with Crippen LogP contribution in [0.25, 0.3) is 11.1 Å². The molecular weight excluding hydrogens is 447 g/mol. The summed E-state index contributed by atoms with van der Waals surface area (Å²) in [5, 5.41) is 9.72. The average Bonchev–Trinajstić information content (AvgIpc) is 2.80. The molecule has 3 atom stereocenters. The Morgan fingerprint density at radius 2 is 2.00 bits per heavy atom. The van der Waals surface area contributed by atoms with Crippen molar-refractivity contribution < 1.29 is 27.4 Å². The van der Waals surface area contributed by atoms with Crippen molar-refractivity contribution in [1.82, 2.24) is 9.21 Å². The molecule has 0 fully saturated rings. The summed E-state index contributed by atoms with van der Waals surface area (Å²) < 4.78 is 49.0. The Morgan fingerprint density at radius 1 is 1.30 bits per heavy atom. The lowest BCUT2D eigenvalue weighted by atomic mass is 10.0. The van der Waals surface area contributed by atoms with E-state index in [1.807, 2.05) is 6.92 Å². The summed E-state index contributed by atoms with van der Waals surface area (Å²) in [6, 6.07) is 10.1. The highest BCUT2D eigenvalue weighted by atomic mass is 32.2. The number of rotatable bonds is 6. The highest BCUT2D eigenvalue weighted by Crippen LogP contribution is 2.37. The van der Waals surface area contributed by atoms with Gasteiger partial charge in [0.2, 0.25) is 15.9 Å². The van der Waals surface area contributed by atoms with E-state index in [1.165, 1.54) is 22.5 Å². The van der Waals surface area contributed by atoms with E-state index in [0.29, 0.717) is 17.5 Å². The zero-order valence-electron chi connectivity index (χ0n) is 19.4. The second-order valence-electron chi connectivity index (χ2n) is 8.51. The van der Waals surface area contributed by atoms with E-state index < -0.39 is 28.0 Å². The maximum atomic E-state index is 14.4. The molecule has 1 aliphatic rings. The number of amides is 1. The van der Waals surface area contributed by atoms with Crippen LogP contribution < -0.4 is 4.74 Å². The molecule has 1 amide bonds. The summed E-state index contributed by atoms with van der Waals surface area (Å²) in [6.07, 6.45) is -0.169. The van der Waals surface area contributed by atoms with Gasteiger partial charge in [-0.15, -0.1) is 0 Å².